The van der Waals surface area contributed by atoms with Crippen LogP contribution in [0.25, 0.3) is 11.5 Å². The third-order valence-corrected chi connectivity index (χ3v) is 3.52. The van der Waals surface area contributed by atoms with Crippen molar-refractivity contribution in [3.05, 3.63) is 42.0 Å². The van der Waals surface area contributed by atoms with Gasteiger partial charge in [0.1, 0.15) is 5.69 Å². The van der Waals surface area contributed by atoms with Crippen molar-refractivity contribution >= 4 is 5.97 Å². The number of carbonyl (C=O) groups excluding carboxylic acids is 1. The Labute approximate surface area is 148 Å². The van der Waals surface area contributed by atoms with Crippen LogP contribution in [-0.4, -0.2) is 42.5 Å². The van der Waals surface area contributed by atoms with Gasteiger partial charge in [-0.3, -0.25) is 0 Å². The standard InChI is InChI=1S/C17H17N3O6/c1-22-12-7-10(8-13(23-2)15(12)24-3)16-20-19-14(26-16)9-25-17(21)11-5-4-6-18-11/h4-8,18H,9H2,1-3H3. The van der Waals surface area contributed by atoms with Gasteiger partial charge in [-0.2, -0.15) is 0 Å². The zero-order valence-corrected chi connectivity index (χ0v) is 14.4. The summed E-state index contributed by atoms with van der Waals surface area (Å²) >= 11 is 0. The number of benzene rings is 1. The monoisotopic (exact) mass is 359 g/mol. The number of hydrogen-bond donors (Lipinski definition) is 1. The molecular formula is C17H17N3O6. The number of nitrogens with one attached hydrogen (secondary N) is 1. The topological polar surface area (TPSA) is 109 Å². The highest BCUT2D eigenvalue weighted by Crippen LogP contribution is 2.40. The fourth-order valence-corrected chi connectivity index (χ4v) is 2.30. The minimum absolute atomic E-state index is 0.144. The zero-order valence-electron chi connectivity index (χ0n) is 14.4. The van der Waals surface area contributed by atoms with E-state index >= 15 is 0 Å². The number of carbonyl (C=O) groups is 1. The van der Waals surface area contributed by atoms with Crippen LogP contribution >= 0.6 is 0 Å². The van der Waals surface area contributed by atoms with Gasteiger partial charge in [-0.15, -0.1) is 10.2 Å². The van der Waals surface area contributed by atoms with E-state index in [2.05, 4.69) is 15.2 Å². The predicted octanol–water partition coefficient (Wildman–Crippen LogP) is 2.45. The molecule has 3 rings (SSSR count). The first kappa shape index (κ1) is 17.3. The van der Waals surface area contributed by atoms with E-state index in [1.54, 1.807) is 30.5 Å². The Morgan fingerprint density at radius 3 is 2.42 bits per heavy atom. The van der Waals surface area contributed by atoms with Crippen molar-refractivity contribution in [1.82, 2.24) is 15.2 Å². The first-order chi connectivity index (χ1) is 12.7. The zero-order chi connectivity index (χ0) is 18.5. The lowest BCUT2D eigenvalue weighted by Crippen LogP contribution is -2.05. The average Bonchev–Trinajstić information content (AvgIpc) is 3.36. The molecule has 2 heterocycles. The van der Waals surface area contributed by atoms with E-state index in [0.29, 0.717) is 28.5 Å². The summed E-state index contributed by atoms with van der Waals surface area (Å²) in [5, 5.41) is 7.85. The minimum Gasteiger partial charge on any atom is -0.493 e. The molecule has 0 radical (unpaired) electrons. The smallest absolute Gasteiger partial charge is 0.355 e. The van der Waals surface area contributed by atoms with Gasteiger partial charge in [-0.05, 0) is 24.3 Å². The molecule has 136 valence electrons. The second-order valence-corrected chi connectivity index (χ2v) is 5.07. The number of esters is 1. The van der Waals surface area contributed by atoms with Crippen LogP contribution in [0.15, 0.2) is 34.9 Å². The number of aromatic nitrogens is 3. The molecule has 1 aromatic carbocycles. The van der Waals surface area contributed by atoms with E-state index in [4.69, 9.17) is 23.4 Å². The van der Waals surface area contributed by atoms with Gasteiger partial charge < -0.3 is 28.3 Å². The second kappa shape index (κ2) is 7.60. The third-order valence-electron chi connectivity index (χ3n) is 3.52. The van der Waals surface area contributed by atoms with Crippen molar-refractivity contribution in [2.75, 3.05) is 21.3 Å². The Bertz CT molecular complexity index is 863. The van der Waals surface area contributed by atoms with E-state index < -0.39 is 5.97 Å². The molecule has 0 spiro atoms. The molecule has 0 saturated carbocycles. The Hall–Kier alpha value is -3.49. The fraction of sp³-hybridized carbons (Fsp3) is 0.235. The fourth-order valence-electron chi connectivity index (χ4n) is 2.30. The highest BCUT2D eigenvalue weighted by Gasteiger charge is 2.18. The van der Waals surface area contributed by atoms with Gasteiger partial charge >= 0.3 is 5.97 Å². The average molecular weight is 359 g/mol. The maximum atomic E-state index is 11.8. The first-order valence-corrected chi connectivity index (χ1v) is 7.59. The first-order valence-electron chi connectivity index (χ1n) is 7.59. The maximum absolute atomic E-state index is 11.8. The quantitative estimate of drug-likeness (QED) is 0.641. The lowest BCUT2D eigenvalue weighted by Gasteiger charge is -2.12. The number of H-pyrrole nitrogens is 1. The Kier molecular flexibility index (Phi) is 5.07. The van der Waals surface area contributed by atoms with Crippen molar-refractivity contribution in [2.24, 2.45) is 0 Å². The van der Waals surface area contributed by atoms with Gasteiger partial charge in [-0.25, -0.2) is 4.79 Å². The molecule has 0 aliphatic carbocycles. The summed E-state index contributed by atoms with van der Waals surface area (Å²) in [5.74, 6) is 1.25. The summed E-state index contributed by atoms with van der Waals surface area (Å²) in [4.78, 5) is 14.6. The lowest BCUT2D eigenvalue weighted by molar-refractivity contribution is 0.0432. The van der Waals surface area contributed by atoms with E-state index in [9.17, 15) is 4.79 Å². The molecule has 0 fully saturated rings. The summed E-state index contributed by atoms with van der Waals surface area (Å²) in [6.07, 6.45) is 1.63. The molecule has 0 aliphatic heterocycles. The van der Waals surface area contributed by atoms with Crippen molar-refractivity contribution in [3.63, 3.8) is 0 Å². The van der Waals surface area contributed by atoms with Crippen LogP contribution in [0, 0.1) is 0 Å². The van der Waals surface area contributed by atoms with Crippen LogP contribution in [0.3, 0.4) is 0 Å². The number of aromatic amines is 1. The molecular weight excluding hydrogens is 342 g/mol. The Morgan fingerprint density at radius 2 is 1.85 bits per heavy atom. The summed E-state index contributed by atoms with van der Waals surface area (Å²) in [7, 11) is 4.55. The molecule has 0 bridgehead atoms. The Balaban J connectivity index is 1.78. The maximum Gasteiger partial charge on any atom is 0.355 e. The third kappa shape index (κ3) is 3.46. The predicted molar refractivity (Wildman–Crippen MR) is 89.3 cm³/mol. The lowest BCUT2D eigenvalue weighted by atomic mass is 10.2. The van der Waals surface area contributed by atoms with Crippen LogP contribution in [-0.2, 0) is 11.3 Å². The SMILES string of the molecule is COc1cc(-c2nnc(COC(=O)c3ccc[nH]3)o2)cc(OC)c1OC. The molecule has 2 aromatic heterocycles. The Morgan fingerprint density at radius 1 is 1.12 bits per heavy atom. The highest BCUT2D eigenvalue weighted by atomic mass is 16.5. The van der Waals surface area contributed by atoms with E-state index in [1.807, 2.05) is 0 Å². The molecule has 3 aromatic rings. The normalized spacial score (nSPS) is 10.4. The number of hydrogen-bond acceptors (Lipinski definition) is 8. The number of methoxy groups -OCH3 is 3. The van der Waals surface area contributed by atoms with Crippen LogP contribution < -0.4 is 14.2 Å². The highest BCUT2D eigenvalue weighted by molar-refractivity contribution is 5.87. The molecule has 9 heteroatoms. The van der Waals surface area contributed by atoms with Crippen LogP contribution in [0.5, 0.6) is 17.2 Å². The molecule has 0 unspecified atom stereocenters. The van der Waals surface area contributed by atoms with Gasteiger partial charge in [0.25, 0.3) is 5.89 Å². The van der Waals surface area contributed by atoms with Crippen LogP contribution in [0.2, 0.25) is 0 Å². The largest absolute Gasteiger partial charge is 0.493 e. The number of rotatable bonds is 7. The summed E-state index contributed by atoms with van der Waals surface area (Å²) in [6.45, 7) is -0.144. The van der Waals surface area contributed by atoms with E-state index in [1.165, 1.54) is 21.3 Å². The molecule has 9 nitrogen and oxygen atoms in total. The van der Waals surface area contributed by atoms with E-state index in [-0.39, 0.29) is 18.4 Å². The van der Waals surface area contributed by atoms with Crippen LogP contribution in [0.1, 0.15) is 16.4 Å². The summed E-state index contributed by atoms with van der Waals surface area (Å²) in [5.41, 5.74) is 0.920. The molecule has 0 atom stereocenters. The van der Waals surface area contributed by atoms with Gasteiger partial charge in [0.2, 0.25) is 11.6 Å². The van der Waals surface area contributed by atoms with Gasteiger partial charge in [0, 0.05) is 11.8 Å². The van der Waals surface area contributed by atoms with Gasteiger partial charge in [-0.1, -0.05) is 0 Å². The van der Waals surface area contributed by atoms with Crippen molar-refractivity contribution in [3.8, 4) is 28.7 Å². The summed E-state index contributed by atoms with van der Waals surface area (Å²) < 4.78 is 26.5. The molecule has 0 amide bonds. The van der Waals surface area contributed by atoms with Crippen molar-refractivity contribution < 1.29 is 28.2 Å². The van der Waals surface area contributed by atoms with Gasteiger partial charge in [0.05, 0.1) is 21.3 Å². The number of nitrogens with zero attached hydrogens (tertiary/aromatic N) is 2. The molecule has 1 N–H and O–H groups in total. The molecule has 26 heavy (non-hydrogen) atoms. The van der Waals surface area contributed by atoms with E-state index in [0.717, 1.165) is 0 Å². The van der Waals surface area contributed by atoms with Crippen LogP contribution in [0.4, 0.5) is 0 Å². The minimum atomic E-state index is -0.512. The van der Waals surface area contributed by atoms with Crippen molar-refractivity contribution in [1.29, 1.82) is 0 Å². The molecule has 0 aliphatic rings. The number of ether oxygens (including phenoxy) is 4. The second-order valence-electron chi connectivity index (χ2n) is 5.07. The van der Waals surface area contributed by atoms with Crippen molar-refractivity contribution in [2.45, 2.75) is 6.61 Å². The summed E-state index contributed by atoms with van der Waals surface area (Å²) in [6, 6.07) is 6.68. The van der Waals surface area contributed by atoms with Gasteiger partial charge in [0.15, 0.2) is 18.1 Å². The molecule has 0 saturated heterocycles.